The monoisotopic (exact) mass is 466 g/mol. The van der Waals surface area contributed by atoms with Crippen molar-refractivity contribution in [1.82, 2.24) is 14.3 Å². The van der Waals surface area contributed by atoms with Crippen LogP contribution in [0.4, 0.5) is 5.69 Å². The molecule has 1 atom stereocenters. The van der Waals surface area contributed by atoms with E-state index in [9.17, 15) is 13.2 Å². The number of sulfonamides is 1. The fraction of sp³-hybridized carbons (Fsp3) is 0.217. The second-order valence-corrected chi connectivity index (χ2v) is 10.8. The van der Waals surface area contributed by atoms with Gasteiger partial charge in [0, 0.05) is 12.1 Å². The van der Waals surface area contributed by atoms with Crippen LogP contribution < -0.4 is 5.32 Å². The number of nitrogens with one attached hydrogen (secondary N) is 2. The van der Waals surface area contributed by atoms with Crippen LogP contribution in [0.15, 0.2) is 70.3 Å². The van der Waals surface area contributed by atoms with E-state index >= 15 is 0 Å². The topological polar surface area (TPSA) is 95.2 Å². The molecular weight excluding hydrogens is 444 g/mol. The minimum absolute atomic E-state index is 0.264. The zero-order chi connectivity index (χ0) is 22.1. The van der Waals surface area contributed by atoms with Crippen molar-refractivity contribution in [2.45, 2.75) is 29.5 Å². The maximum atomic E-state index is 13.3. The summed E-state index contributed by atoms with van der Waals surface area (Å²) >= 11 is 1.17. The molecular formula is C23H22N4O3S2. The summed E-state index contributed by atoms with van der Waals surface area (Å²) in [7, 11) is -3.71. The van der Waals surface area contributed by atoms with Gasteiger partial charge in [-0.1, -0.05) is 36.8 Å². The first kappa shape index (κ1) is 20.9. The number of benzene rings is 2. The van der Waals surface area contributed by atoms with Gasteiger partial charge >= 0.3 is 0 Å². The Bertz CT molecular complexity index is 1330. The van der Waals surface area contributed by atoms with Gasteiger partial charge in [-0.15, -0.1) is 11.3 Å². The number of para-hydroxylation sites is 3. The molecule has 0 unspecified atom stereocenters. The van der Waals surface area contributed by atoms with Gasteiger partial charge in [-0.25, -0.2) is 13.4 Å². The first-order chi connectivity index (χ1) is 15.5. The Kier molecular flexibility index (Phi) is 5.54. The number of hydrogen-bond acceptors (Lipinski definition) is 5. The van der Waals surface area contributed by atoms with Crippen LogP contribution in [0.25, 0.3) is 22.4 Å². The molecule has 0 saturated carbocycles. The number of H-pyrrole nitrogens is 1. The number of rotatable bonds is 5. The largest absolute Gasteiger partial charge is 0.338 e. The molecule has 0 aliphatic carbocycles. The second kappa shape index (κ2) is 8.50. The number of aromatic nitrogens is 2. The summed E-state index contributed by atoms with van der Waals surface area (Å²) in [6, 6.07) is 17.7. The number of amides is 1. The Labute approximate surface area is 190 Å². The number of thiophene rings is 1. The van der Waals surface area contributed by atoms with Gasteiger partial charge < -0.3 is 10.3 Å². The van der Waals surface area contributed by atoms with E-state index in [1.54, 1.807) is 23.6 Å². The van der Waals surface area contributed by atoms with E-state index in [0.717, 1.165) is 29.4 Å². The van der Waals surface area contributed by atoms with Gasteiger partial charge in [0.1, 0.15) is 16.1 Å². The van der Waals surface area contributed by atoms with Crippen LogP contribution in [0.2, 0.25) is 0 Å². The lowest BCUT2D eigenvalue weighted by molar-refractivity contribution is -0.120. The first-order valence-electron chi connectivity index (χ1n) is 10.4. The molecule has 1 aliphatic heterocycles. The average Bonchev–Trinajstić information content (AvgIpc) is 3.50. The van der Waals surface area contributed by atoms with Crippen molar-refractivity contribution in [3.05, 3.63) is 66.0 Å². The zero-order valence-electron chi connectivity index (χ0n) is 17.2. The van der Waals surface area contributed by atoms with Crippen molar-refractivity contribution in [3.63, 3.8) is 0 Å². The number of carbonyl (C=O) groups excluding carboxylic acids is 1. The van der Waals surface area contributed by atoms with E-state index in [4.69, 9.17) is 0 Å². The highest BCUT2D eigenvalue weighted by Crippen LogP contribution is 2.31. The summed E-state index contributed by atoms with van der Waals surface area (Å²) < 4.78 is 27.9. The molecule has 0 radical (unpaired) electrons. The normalized spacial score (nSPS) is 17.4. The fourth-order valence-corrected chi connectivity index (χ4v) is 6.85. The van der Waals surface area contributed by atoms with Crippen molar-refractivity contribution in [3.8, 4) is 11.4 Å². The maximum absolute atomic E-state index is 13.3. The fourth-order valence-electron chi connectivity index (χ4n) is 4.08. The molecule has 164 valence electrons. The van der Waals surface area contributed by atoms with Gasteiger partial charge in [0.05, 0.1) is 16.7 Å². The molecule has 2 N–H and O–H groups in total. The predicted octanol–water partition coefficient (Wildman–Crippen LogP) is 4.47. The van der Waals surface area contributed by atoms with E-state index in [2.05, 4.69) is 15.3 Å². The van der Waals surface area contributed by atoms with E-state index in [0.29, 0.717) is 24.5 Å². The van der Waals surface area contributed by atoms with Gasteiger partial charge in [-0.05, 0) is 48.6 Å². The summed E-state index contributed by atoms with van der Waals surface area (Å²) in [6.07, 6.45) is 2.03. The maximum Gasteiger partial charge on any atom is 0.253 e. The van der Waals surface area contributed by atoms with Crippen LogP contribution >= 0.6 is 11.3 Å². The number of hydrogen-bond donors (Lipinski definition) is 2. The molecule has 9 heteroatoms. The number of fused-ring (bicyclic) bond motifs is 1. The van der Waals surface area contributed by atoms with Crippen LogP contribution in [-0.4, -0.2) is 41.2 Å². The summed E-state index contributed by atoms with van der Waals surface area (Å²) in [5.41, 5.74) is 3.09. The van der Waals surface area contributed by atoms with Crippen LogP contribution in [0, 0.1) is 0 Å². The van der Waals surface area contributed by atoms with Crippen molar-refractivity contribution in [1.29, 1.82) is 0 Å². The number of carbonyl (C=O) groups is 1. The third-order valence-electron chi connectivity index (χ3n) is 5.64. The quantitative estimate of drug-likeness (QED) is 0.454. The van der Waals surface area contributed by atoms with Gasteiger partial charge in [-0.2, -0.15) is 4.31 Å². The molecule has 0 bridgehead atoms. The van der Waals surface area contributed by atoms with Gasteiger partial charge in [0.15, 0.2) is 0 Å². The summed E-state index contributed by atoms with van der Waals surface area (Å²) in [5, 5.41) is 4.70. The highest BCUT2D eigenvalue weighted by atomic mass is 32.2. The lowest BCUT2D eigenvalue weighted by Gasteiger charge is -2.33. The molecule has 1 saturated heterocycles. The highest BCUT2D eigenvalue weighted by Gasteiger charge is 2.38. The first-order valence-corrected chi connectivity index (χ1v) is 12.8. The summed E-state index contributed by atoms with van der Waals surface area (Å²) in [5.74, 6) is 0.321. The van der Waals surface area contributed by atoms with Gasteiger partial charge in [-0.3, -0.25) is 4.79 Å². The van der Waals surface area contributed by atoms with Gasteiger partial charge in [0.2, 0.25) is 5.91 Å². The van der Waals surface area contributed by atoms with E-state index in [1.807, 2.05) is 42.5 Å². The van der Waals surface area contributed by atoms with Crippen LogP contribution in [0.3, 0.4) is 0 Å². The number of anilines is 1. The smallest absolute Gasteiger partial charge is 0.253 e. The van der Waals surface area contributed by atoms with E-state index in [1.165, 1.54) is 15.6 Å². The molecule has 4 aromatic rings. The van der Waals surface area contributed by atoms with Crippen molar-refractivity contribution < 1.29 is 13.2 Å². The molecule has 7 nitrogen and oxygen atoms in total. The van der Waals surface area contributed by atoms with Crippen molar-refractivity contribution in [2.24, 2.45) is 0 Å². The number of nitrogens with zero attached hydrogens (tertiary/aromatic N) is 2. The Hall–Kier alpha value is -3.01. The summed E-state index contributed by atoms with van der Waals surface area (Å²) in [4.78, 5) is 21.2. The number of imidazole rings is 1. The molecule has 1 aliphatic rings. The predicted molar refractivity (Wildman–Crippen MR) is 126 cm³/mol. The highest BCUT2D eigenvalue weighted by molar-refractivity contribution is 7.91. The molecule has 1 amide bonds. The molecule has 3 heterocycles. The van der Waals surface area contributed by atoms with E-state index < -0.39 is 16.1 Å². The van der Waals surface area contributed by atoms with Crippen molar-refractivity contribution >= 4 is 44.0 Å². The Balaban J connectivity index is 1.44. The van der Waals surface area contributed by atoms with Crippen LogP contribution in [-0.2, 0) is 14.8 Å². The molecule has 0 spiro atoms. The minimum atomic E-state index is -3.71. The summed E-state index contributed by atoms with van der Waals surface area (Å²) in [6.45, 7) is 0.337. The molecule has 2 aromatic heterocycles. The lowest BCUT2D eigenvalue weighted by atomic mass is 10.0. The Morgan fingerprint density at radius 1 is 1.06 bits per heavy atom. The number of aromatic amines is 1. The third kappa shape index (κ3) is 3.83. The lowest BCUT2D eigenvalue weighted by Crippen LogP contribution is -2.49. The minimum Gasteiger partial charge on any atom is -0.338 e. The standard InChI is InChI=1S/C23H22N4O3S2/c28-23(20-12-5-6-14-27(20)32(29,30)21-13-7-15-31-21)26-17-9-2-1-8-16(17)22-24-18-10-3-4-11-19(18)25-22/h1-4,7-11,13,15,20H,5-6,12,14H2,(H,24,25)(H,26,28)/t20-/m0/s1. The average molecular weight is 467 g/mol. The van der Waals surface area contributed by atoms with Crippen LogP contribution in [0.5, 0.6) is 0 Å². The molecule has 1 fully saturated rings. The van der Waals surface area contributed by atoms with E-state index in [-0.39, 0.29) is 10.1 Å². The Morgan fingerprint density at radius 2 is 1.88 bits per heavy atom. The second-order valence-electron chi connectivity index (χ2n) is 7.70. The molecule has 32 heavy (non-hydrogen) atoms. The van der Waals surface area contributed by atoms with Gasteiger partial charge in [0.25, 0.3) is 10.0 Å². The zero-order valence-corrected chi connectivity index (χ0v) is 18.8. The number of piperidine rings is 1. The third-order valence-corrected chi connectivity index (χ3v) is 8.93. The Morgan fingerprint density at radius 3 is 2.69 bits per heavy atom. The molecule has 2 aromatic carbocycles. The van der Waals surface area contributed by atoms with Crippen LogP contribution in [0.1, 0.15) is 19.3 Å². The SMILES string of the molecule is O=C(Nc1ccccc1-c1nc2ccccc2[nH]1)[C@@H]1CCCCN1S(=O)(=O)c1cccs1. The van der Waals surface area contributed by atoms with Crippen molar-refractivity contribution in [2.75, 3.05) is 11.9 Å². The molecule has 5 rings (SSSR count).